The van der Waals surface area contributed by atoms with Crippen molar-refractivity contribution in [3.8, 4) is 0 Å². The van der Waals surface area contributed by atoms with Crippen LogP contribution in [0.25, 0.3) is 0 Å². The molecule has 27 heavy (non-hydrogen) atoms. The molecule has 2 amide bonds. The molecule has 0 bridgehead atoms. The summed E-state index contributed by atoms with van der Waals surface area (Å²) in [6, 6.07) is 13.8. The van der Waals surface area contributed by atoms with Gasteiger partial charge in [0.2, 0.25) is 11.8 Å². The summed E-state index contributed by atoms with van der Waals surface area (Å²) in [6.07, 6.45) is 0. The van der Waals surface area contributed by atoms with Crippen molar-refractivity contribution in [3.63, 3.8) is 0 Å². The molecule has 0 aliphatic rings. The van der Waals surface area contributed by atoms with Crippen LogP contribution in [0.5, 0.6) is 0 Å². The zero-order chi connectivity index (χ0) is 19.8. The molecule has 0 aliphatic carbocycles. The molecule has 0 saturated carbocycles. The molecule has 0 atom stereocenters. The second-order valence-corrected chi connectivity index (χ2v) is 7.47. The molecule has 6 heteroatoms. The summed E-state index contributed by atoms with van der Waals surface area (Å²) < 4.78 is 0. The van der Waals surface area contributed by atoms with Crippen LogP contribution in [0.15, 0.2) is 47.6 Å². The number of rotatable bonds is 7. The number of carbonyl (C=O) groups excluding carboxylic acids is 2. The van der Waals surface area contributed by atoms with Crippen LogP contribution in [0.1, 0.15) is 36.1 Å². The van der Waals surface area contributed by atoms with Crippen molar-refractivity contribution in [1.29, 1.82) is 0 Å². The van der Waals surface area contributed by atoms with E-state index in [4.69, 9.17) is 0 Å². The number of aryl methyl sites for hydroxylation is 2. The second-order valence-electron chi connectivity index (χ2n) is 6.48. The monoisotopic (exact) mass is 383 g/mol. The van der Waals surface area contributed by atoms with Crippen LogP contribution < -0.4 is 10.7 Å². The van der Waals surface area contributed by atoms with Crippen molar-refractivity contribution in [2.45, 2.75) is 33.4 Å². The smallest absolute Gasteiger partial charge is 0.250 e. The summed E-state index contributed by atoms with van der Waals surface area (Å²) >= 11 is 1.56. The Kier molecular flexibility index (Phi) is 7.61. The zero-order valence-corrected chi connectivity index (χ0v) is 16.9. The quantitative estimate of drug-likeness (QED) is 0.560. The van der Waals surface area contributed by atoms with Gasteiger partial charge in [-0.25, -0.2) is 5.43 Å². The summed E-state index contributed by atoms with van der Waals surface area (Å²) in [5.41, 5.74) is 8.49. The van der Waals surface area contributed by atoms with Gasteiger partial charge in [0.25, 0.3) is 0 Å². The number of hydrogen-bond donors (Lipinski definition) is 2. The molecule has 2 aromatic rings. The lowest BCUT2D eigenvalue weighted by molar-refractivity contribution is -0.118. The highest BCUT2D eigenvalue weighted by Gasteiger charge is 2.04. The first-order valence-corrected chi connectivity index (χ1v) is 9.85. The highest BCUT2D eigenvalue weighted by atomic mass is 32.2. The number of nitrogens with zero attached hydrogens (tertiary/aromatic N) is 1. The molecule has 0 aliphatic heterocycles. The number of nitrogens with one attached hydrogen (secondary N) is 2. The Hall–Kier alpha value is -2.60. The number of amides is 2. The van der Waals surface area contributed by atoms with Gasteiger partial charge in [0.05, 0.1) is 11.5 Å². The Morgan fingerprint density at radius 2 is 1.74 bits per heavy atom. The molecule has 0 fully saturated rings. The fourth-order valence-electron chi connectivity index (χ4n) is 2.68. The lowest BCUT2D eigenvalue weighted by Crippen LogP contribution is -2.21. The Morgan fingerprint density at radius 1 is 1.04 bits per heavy atom. The van der Waals surface area contributed by atoms with Gasteiger partial charge in [-0.05, 0) is 44.0 Å². The van der Waals surface area contributed by atoms with Gasteiger partial charge >= 0.3 is 0 Å². The summed E-state index contributed by atoms with van der Waals surface area (Å²) in [5, 5.41) is 6.89. The number of hydrogen-bond acceptors (Lipinski definition) is 4. The minimum absolute atomic E-state index is 0.129. The fourth-order valence-corrected chi connectivity index (χ4v) is 3.44. The van der Waals surface area contributed by atoms with Crippen molar-refractivity contribution >= 4 is 35.0 Å². The van der Waals surface area contributed by atoms with Crippen LogP contribution in [-0.2, 0) is 15.3 Å². The third-order valence-corrected chi connectivity index (χ3v) is 4.74. The first-order chi connectivity index (χ1) is 12.8. The molecule has 0 radical (unpaired) electrons. The third-order valence-electron chi connectivity index (χ3n) is 3.73. The maximum absolute atomic E-state index is 12.0. The highest BCUT2D eigenvalue weighted by Crippen LogP contribution is 2.16. The molecule has 5 nitrogen and oxygen atoms in total. The predicted molar refractivity (Wildman–Crippen MR) is 113 cm³/mol. The van der Waals surface area contributed by atoms with Crippen molar-refractivity contribution in [1.82, 2.24) is 5.43 Å². The number of hydrazone groups is 1. The number of thioether (sulfide) groups is 1. The topological polar surface area (TPSA) is 70.6 Å². The van der Waals surface area contributed by atoms with Gasteiger partial charge in [0, 0.05) is 18.4 Å². The molecular weight excluding hydrogens is 358 g/mol. The van der Waals surface area contributed by atoms with Gasteiger partial charge in [-0.15, -0.1) is 11.8 Å². The molecule has 2 aromatic carbocycles. The van der Waals surface area contributed by atoms with Crippen molar-refractivity contribution in [3.05, 3.63) is 64.7 Å². The Morgan fingerprint density at radius 3 is 2.41 bits per heavy atom. The van der Waals surface area contributed by atoms with Gasteiger partial charge in [-0.1, -0.05) is 41.5 Å². The van der Waals surface area contributed by atoms with E-state index in [2.05, 4.69) is 47.9 Å². The summed E-state index contributed by atoms with van der Waals surface area (Å²) in [4.78, 5) is 23.2. The minimum Gasteiger partial charge on any atom is -0.326 e. The molecule has 142 valence electrons. The van der Waals surface area contributed by atoms with Crippen molar-refractivity contribution in [2.24, 2.45) is 5.10 Å². The molecule has 0 spiro atoms. The zero-order valence-electron chi connectivity index (χ0n) is 16.1. The van der Waals surface area contributed by atoms with E-state index >= 15 is 0 Å². The van der Waals surface area contributed by atoms with E-state index in [0.717, 1.165) is 11.3 Å². The van der Waals surface area contributed by atoms with Gasteiger partial charge in [0.1, 0.15) is 0 Å². The van der Waals surface area contributed by atoms with Crippen LogP contribution in [-0.4, -0.2) is 23.3 Å². The molecule has 2 N–H and O–H groups in total. The standard InChI is InChI=1S/C21H25N3O2S/c1-14-8-15(2)10-18(9-14)12-27-13-21(26)24-23-16(3)19-6-5-7-20(11-19)22-17(4)25/h5-11H,12-13H2,1-4H3,(H,22,25)(H,24,26). The minimum atomic E-state index is -0.137. The Bertz CT molecular complexity index is 842. The summed E-state index contributed by atoms with van der Waals surface area (Å²) in [5.74, 6) is 0.866. The van der Waals surface area contributed by atoms with Crippen molar-refractivity contribution < 1.29 is 9.59 Å². The number of carbonyl (C=O) groups is 2. The van der Waals surface area contributed by atoms with E-state index in [1.54, 1.807) is 17.8 Å². The maximum atomic E-state index is 12.0. The second kappa shape index (κ2) is 9.92. The third kappa shape index (κ3) is 7.27. The van der Waals surface area contributed by atoms with E-state index in [-0.39, 0.29) is 11.8 Å². The van der Waals surface area contributed by atoms with E-state index in [9.17, 15) is 9.59 Å². The van der Waals surface area contributed by atoms with Crippen LogP contribution >= 0.6 is 11.8 Å². The predicted octanol–water partition coefficient (Wildman–Crippen LogP) is 4.04. The Labute approximate surface area is 164 Å². The van der Waals surface area contributed by atoms with Crippen LogP contribution in [0.3, 0.4) is 0 Å². The van der Waals surface area contributed by atoms with E-state index < -0.39 is 0 Å². The van der Waals surface area contributed by atoms with Gasteiger partial charge in [0.15, 0.2) is 0 Å². The van der Waals surface area contributed by atoms with Gasteiger partial charge in [-0.2, -0.15) is 5.10 Å². The van der Waals surface area contributed by atoms with Crippen LogP contribution in [0.4, 0.5) is 5.69 Å². The number of anilines is 1. The van der Waals surface area contributed by atoms with E-state index in [1.807, 2.05) is 25.1 Å². The Balaban J connectivity index is 1.85. The molecule has 0 aromatic heterocycles. The highest BCUT2D eigenvalue weighted by molar-refractivity contribution is 7.99. The molecule has 0 unspecified atom stereocenters. The summed E-state index contributed by atoms with van der Waals surface area (Å²) in [6.45, 7) is 7.43. The van der Waals surface area contributed by atoms with E-state index in [1.165, 1.54) is 23.6 Å². The molecule has 2 rings (SSSR count). The maximum Gasteiger partial charge on any atom is 0.250 e. The first-order valence-electron chi connectivity index (χ1n) is 8.69. The molecule has 0 saturated heterocycles. The van der Waals surface area contributed by atoms with Crippen molar-refractivity contribution in [2.75, 3.05) is 11.1 Å². The SMILES string of the molecule is CC(=O)Nc1cccc(C(C)=NNC(=O)CSCc2cc(C)cc(C)c2)c1. The molecular formula is C21H25N3O2S. The average Bonchev–Trinajstić information content (AvgIpc) is 2.58. The number of benzene rings is 2. The summed E-state index contributed by atoms with van der Waals surface area (Å²) in [7, 11) is 0. The normalized spacial score (nSPS) is 11.2. The van der Waals surface area contributed by atoms with E-state index in [0.29, 0.717) is 17.2 Å². The lowest BCUT2D eigenvalue weighted by Gasteiger charge is -2.07. The lowest BCUT2D eigenvalue weighted by atomic mass is 10.1. The fraction of sp³-hybridized carbons (Fsp3) is 0.286. The van der Waals surface area contributed by atoms with Crippen LogP contribution in [0, 0.1) is 13.8 Å². The average molecular weight is 384 g/mol. The van der Waals surface area contributed by atoms with Gasteiger partial charge < -0.3 is 5.32 Å². The molecule has 0 heterocycles. The van der Waals surface area contributed by atoms with Gasteiger partial charge in [-0.3, -0.25) is 9.59 Å². The largest absolute Gasteiger partial charge is 0.326 e. The van der Waals surface area contributed by atoms with Crippen LogP contribution in [0.2, 0.25) is 0 Å². The first kappa shape index (κ1) is 20.7.